The van der Waals surface area contributed by atoms with Gasteiger partial charge in [0.25, 0.3) is 0 Å². The summed E-state index contributed by atoms with van der Waals surface area (Å²) >= 11 is 0. The molecular weight excluding hydrogens is 152 g/mol. The Morgan fingerprint density at radius 3 is 2.17 bits per heavy atom. The lowest BCUT2D eigenvalue weighted by molar-refractivity contribution is -0.111. The van der Waals surface area contributed by atoms with Crippen molar-refractivity contribution in [2.24, 2.45) is 0 Å². The zero-order valence-corrected chi connectivity index (χ0v) is 8.58. The summed E-state index contributed by atoms with van der Waals surface area (Å²) in [7, 11) is 7.97. The van der Waals surface area contributed by atoms with Crippen LogP contribution in [0, 0.1) is 0 Å². The van der Waals surface area contributed by atoms with Crippen LogP contribution in [-0.4, -0.2) is 56.9 Å². The molecule has 12 heavy (non-hydrogen) atoms. The third kappa shape index (κ3) is 5.27. The minimum Gasteiger partial charge on any atom is -0.309 e. The molecule has 0 N–H and O–H groups in total. The molecule has 0 aliphatic carbocycles. The van der Waals surface area contributed by atoms with Gasteiger partial charge in [0, 0.05) is 0 Å². The number of nitrogens with zero attached hydrogens (tertiary/aromatic N) is 2. The van der Waals surface area contributed by atoms with E-state index in [2.05, 4.69) is 4.90 Å². The average Bonchev–Trinajstić information content (AvgIpc) is 1.96. The monoisotopic (exact) mass is 172 g/mol. The summed E-state index contributed by atoms with van der Waals surface area (Å²) in [5, 5.41) is 0. The molecule has 0 heterocycles. The van der Waals surface area contributed by atoms with Crippen LogP contribution in [0.4, 0.5) is 0 Å². The van der Waals surface area contributed by atoms with E-state index in [1.54, 1.807) is 0 Å². The van der Waals surface area contributed by atoms with Crippen molar-refractivity contribution >= 4 is 6.29 Å². The second-order valence-corrected chi connectivity index (χ2v) is 3.61. The molecule has 0 fully saturated rings. The summed E-state index contributed by atoms with van der Waals surface area (Å²) in [6.07, 6.45) is 3.05. The van der Waals surface area contributed by atoms with Crippen molar-refractivity contribution < 1.29 is 4.79 Å². The number of likely N-dealkylation sites (N-methyl/N-ethyl adjacent to an activating group) is 1. The Balaban J connectivity index is 3.52. The fraction of sp³-hybridized carbons (Fsp3) is 0.889. The maximum absolute atomic E-state index is 10.6. The Kier molecular flexibility index (Phi) is 5.93. The highest BCUT2D eigenvalue weighted by atomic mass is 16.1. The third-order valence-electron chi connectivity index (χ3n) is 1.93. The van der Waals surface area contributed by atoms with E-state index in [0.717, 1.165) is 25.7 Å². The molecule has 0 spiro atoms. The second-order valence-electron chi connectivity index (χ2n) is 3.61. The first kappa shape index (κ1) is 11.6. The van der Waals surface area contributed by atoms with Crippen molar-refractivity contribution in [3.63, 3.8) is 0 Å². The van der Waals surface area contributed by atoms with Crippen LogP contribution in [0.3, 0.4) is 0 Å². The molecule has 3 nitrogen and oxygen atoms in total. The molecule has 0 rings (SSSR count). The molecule has 0 amide bonds. The van der Waals surface area contributed by atoms with Crippen LogP contribution in [0.5, 0.6) is 0 Å². The van der Waals surface area contributed by atoms with Gasteiger partial charge in [-0.2, -0.15) is 0 Å². The Bertz CT molecular complexity index is 124. The standard InChI is InChI=1S/C9H20N2O/c1-10(2)7-5-6-9(8-12)11(3)4/h8-9H,5-7H2,1-4H3. The van der Waals surface area contributed by atoms with Crippen LogP contribution in [-0.2, 0) is 4.79 Å². The van der Waals surface area contributed by atoms with Crippen LogP contribution in [0.15, 0.2) is 0 Å². The predicted molar refractivity (Wildman–Crippen MR) is 51.3 cm³/mol. The lowest BCUT2D eigenvalue weighted by Gasteiger charge is -2.19. The van der Waals surface area contributed by atoms with Crippen molar-refractivity contribution in [3.8, 4) is 0 Å². The minimum absolute atomic E-state index is 0.0879. The molecule has 72 valence electrons. The average molecular weight is 172 g/mol. The summed E-state index contributed by atoms with van der Waals surface area (Å²) in [6.45, 7) is 1.05. The topological polar surface area (TPSA) is 23.6 Å². The van der Waals surface area contributed by atoms with E-state index in [1.165, 1.54) is 0 Å². The Morgan fingerprint density at radius 1 is 1.25 bits per heavy atom. The molecule has 0 aromatic carbocycles. The number of hydrogen-bond donors (Lipinski definition) is 0. The van der Waals surface area contributed by atoms with Crippen LogP contribution in [0.1, 0.15) is 12.8 Å². The van der Waals surface area contributed by atoms with Gasteiger partial charge in [0.1, 0.15) is 6.29 Å². The molecule has 0 aromatic heterocycles. The summed E-state index contributed by atoms with van der Waals surface area (Å²) < 4.78 is 0. The maximum Gasteiger partial charge on any atom is 0.137 e. The van der Waals surface area contributed by atoms with E-state index < -0.39 is 0 Å². The quantitative estimate of drug-likeness (QED) is 0.544. The Labute approximate surface area is 75.3 Å². The van der Waals surface area contributed by atoms with Gasteiger partial charge in [-0.3, -0.25) is 0 Å². The summed E-state index contributed by atoms with van der Waals surface area (Å²) in [5.41, 5.74) is 0. The molecule has 0 aromatic rings. The smallest absolute Gasteiger partial charge is 0.137 e. The van der Waals surface area contributed by atoms with Crippen LogP contribution in [0.25, 0.3) is 0 Å². The molecule has 0 bridgehead atoms. The first-order chi connectivity index (χ1) is 5.57. The van der Waals surface area contributed by atoms with E-state index in [0.29, 0.717) is 0 Å². The van der Waals surface area contributed by atoms with Crippen LogP contribution in [0.2, 0.25) is 0 Å². The Hall–Kier alpha value is -0.410. The predicted octanol–water partition coefficient (Wildman–Crippen LogP) is 0.457. The summed E-state index contributed by atoms with van der Waals surface area (Å²) in [5.74, 6) is 0. The van der Waals surface area contributed by atoms with Gasteiger partial charge >= 0.3 is 0 Å². The third-order valence-corrected chi connectivity index (χ3v) is 1.93. The van der Waals surface area contributed by atoms with Crippen molar-refractivity contribution in [2.75, 3.05) is 34.7 Å². The Morgan fingerprint density at radius 2 is 1.83 bits per heavy atom. The molecule has 0 aliphatic rings. The molecule has 0 saturated heterocycles. The first-order valence-electron chi connectivity index (χ1n) is 4.34. The molecule has 0 radical (unpaired) electrons. The first-order valence-corrected chi connectivity index (χ1v) is 4.34. The number of hydrogen-bond acceptors (Lipinski definition) is 3. The minimum atomic E-state index is 0.0879. The van der Waals surface area contributed by atoms with Crippen molar-refractivity contribution in [1.29, 1.82) is 0 Å². The number of carbonyl (C=O) groups excluding carboxylic acids is 1. The van der Waals surface area contributed by atoms with Gasteiger partial charge in [-0.1, -0.05) is 0 Å². The van der Waals surface area contributed by atoms with Crippen LogP contribution >= 0.6 is 0 Å². The highest BCUT2D eigenvalue weighted by Gasteiger charge is 2.08. The van der Waals surface area contributed by atoms with Gasteiger partial charge < -0.3 is 14.6 Å². The zero-order chi connectivity index (χ0) is 9.56. The maximum atomic E-state index is 10.6. The second kappa shape index (κ2) is 6.14. The van der Waals surface area contributed by atoms with E-state index in [4.69, 9.17) is 0 Å². The van der Waals surface area contributed by atoms with Crippen molar-refractivity contribution in [3.05, 3.63) is 0 Å². The lowest BCUT2D eigenvalue weighted by Crippen LogP contribution is -2.30. The molecule has 3 heteroatoms. The van der Waals surface area contributed by atoms with E-state index in [9.17, 15) is 4.79 Å². The molecular formula is C9H20N2O. The molecule has 1 unspecified atom stereocenters. The highest BCUT2D eigenvalue weighted by Crippen LogP contribution is 2.00. The number of carbonyl (C=O) groups is 1. The van der Waals surface area contributed by atoms with Gasteiger partial charge in [-0.15, -0.1) is 0 Å². The van der Waals surface area contributed by atoms with Crippen molar-refractivity contribution in [2.45, 2.75) is 18.9 Å². The summed E-state index contributed by atoms with van der Waals surface area (Å²) in [6, 6.07) is 0.0879. The lowest BCUT2D eigenvalue weighted by atomic mass is 10.1. The van der Waals surface area contributed by atoms with Gasteiger partial charge in [0.05, 0.1) is 6.04 Å². The summed E-state index contributed by atoms with van der Waals surface area (Å²) in [4.78, 5) is 14.7. The molecule has 0 saturated carbocycles. The van der Waals surface area contributed by atoms with Gasteiger partial charge in [0.15, 0.2) is 0 Å². The fourth-order valence-electron chi connectivity index (χ4n) is 1.06. The van der Waals surface area contributed by atoms with E-state index in [1.807, 2.05) is 33.1 Å². The van der Waals surface area contributed by atoms with Gasteiger partial charge in [-0.05, 0) is 47.6 Å². The zero-order valence-electron chi connectivity index (χ0n) is 8.58. The van der Waals surface area contributed by atoms with E-state index >= 15 is 0 Å². The number of rotatable bonds is 6. The van der Waals surface area contributed by atoms with E-state index in [-0.39, 0.29) is 6.04 Å². The highest BCUT2D eigenvalue weighted by molar-refractivity contribution is 5.57. The van der Waals surface area contributed by atoms with Crippen LogP contribution < -0.4 is 0 Å². The fourth-order valence-corrected chi connectivity index (χ4v) is 1.06. The normalized spacial score (nSPS) is 13.8. The SMILES string of the molecule is CN(C)CCCC(C=O)N(C)C. The number of aldehydes is 1. The largest absolute Gasteiger partial charge is 0.309 e. The molecule has 1 atom stereocenters. The molecule has 0 aliphatic heterocycles. The van der Waals surface area contributed by atoms with Gasteiger partial charge in [0.2, 0.25) is 0 Å². The van der Waals surface area contributed by atoms with Crippen molar-refractivity contribution in [1.82, 2.24) is 9.80 Å². The van der Waals surface area contributed by atoms with Gasteiger partial charge in [-0.25, -0.2) is 0 Å².